The number of fused-ring (bicyclic) bond motifs is 1. The van der Waals surface area contributed by atoms with Crippen molar-refractivity contribution in [2.45, 2.75) is 75.5 Å². The Morgan fingerprint density at radius 3 is 2.85 bits per heavy atom. The number of hydrogen-bond acceptors (Lipinski definition) is 9. The molecule has 10 nitrogen and oxygen atoms in total. The summed E-state index contributed by atoms with van der Waals surface area (Å²) in [6.07, 6.45) is 8.58. The molecule has 4 saturated heterocycles. The van der Waals surface area contributed by atoms with E-state index in [4.69, 9.17) is 4.74 Å². The minimum absolute atomic E-state index is 0.0618. The zero-order valence-electron chi connectivity index (χ0n) is 20.1. The van der Waals surface area contributed by atoms with Gasteiger partial charge in [-0.2, -0.15) is 0 Å². The first kappa shape index (κ1) is 23.9. The van der Waals surface area contributed by atoms with Crippen LogP contribution in [-0.4, -0.2) is 88.0 Å². The molecule has 1 aliphatic carbocycles. The van der Waals surface area contributed by atoms with Gasteiger partial charge in [0.15, 0.2) is 0 Å². The fraction of sp³-hybridized carbons (Fsp3) is 0.957. The number of hydrogen-bond donors (Lipinski definition) is 7. The third-order valence-electron chi connectivity index (χ3n) is 8.60. The fourth-order valence-electron chi connectivity index (χ4n) is 6.54. The second kappa shape index (κ2) is 11.3. The van der Waals surface area contributed by atoms with Crippen LogP contribution >= 0.6 is 0 Å². The Balaban J connectivity index is 1.07. The first-order chi connectivity index (χ1) is 16.2. The van der Waals surface area contributed by atoms with Crippen molar-refractivity contribution in [3.05, 3.63) is 0 Å². The van der Waals surface area contributed by atoms with Gasteiger partial charge in [-0.25, -0.2) is 10.9 Å². The van der Waals surface area contributed by atoms with Crippen molar-refractivity contribution in [3.63, 3.8) is 0 Å². The summed E-state index contributed by atoms with van der Waals surface area (Å²) >= 11 is 0. The lowest BCUT2D eigenvalue weighted by molar-refractivity contribution is -0.130. The first-order valence-corrected chi connectivity index (χ1v) is 13.2. The molecule has 7 N–H and O–H groups in total. The average Bonchev–Trinajstić information content (AvgIpc) is 3.24. The molecule has 5 rings (SSSR count). The second-order valence-electron chi connectivity index (χ2n) is 10.7. The normalized spacial score (nSPS) is 42.6. The molecule has 5 fully saturated rings. The van der Waals surface area contributed by atoms with Gasteiger partial charge < -0.3 is 20.7 Å². The molecule has 0 aromatic carbocycles. The molecule has 0 radical (unpaired) electrons. The van der Waals surface area contributed by atoms with Gasteiger partial charge in [0.1, 0.15) is 0 Å². The van der Waals surface area contributed by atoms with Crippen LogP contribution in [0, 0.1) is 17.8 Å². The molecular weight excluding hydrogens is 420 g/mol. The van der Waals surface area contributed by atoms with Crippen molar-refractivity contribution in [1.82, 2.24) is 42.3 Å². The molecule has 0 aromatic rings. The van der Waals surface area contributed by atoms with Crippen LogP contribution in [0.4, 0.5) is 0 Å². The highest BCUT2D eigenvalue weighted by atomic mass is 16.5. The highest BCUT2D eigenvalue weighted by molar-refractivity contribution is 5.79. The molecule has 4 aliphatic heterocycles. The van der Waals surface area contributed by atoms with E-state index in [2.05, 4.69) is 49.4 Å². The molecule has 33 heavy (non-hydrogen) atoms. The molecule has 7 unspecified atom stereocenters. The zero-order chi connectivity index (χ0) is 22.6. The zero-order valence-corrected chi connectivity index (χ0v) is 20.1. The van der Waals surface area contributed by atoms with E-state index in [1.165, 1.54) is 25.7 Å². The van der Waals surface area contributed by atoms with E-state index in [-0.39, 0.29) is 36.4 Å². The van der Waals surface area contributed by atoms with Crippen LogP contribution in [0.2, 0.25) is 0 Å². The molecular formula is C23H44N8O2. The quantitative estimate of drug-likeness (QED) is 0.261. The van der Waals surface area contributed by atoms with Crippen molar-refractivity contribution < 1.29 is 9.53 Å². The fourth-order valence-corrected chi connectivity index (χ4v) is 6.54. The number of nitrogens with one attached hydrogen (secondary N) is 7. The van der Waals surface area contributed by atoms with Gasteiger partial charge in [-0.1, -0.05) is 12.8 Å². The predicted molar refractivity (Wildman–Crippen MR) is 127 cm³/mol. The highest BCUT2D eigenvalue weighted by Crippen LogP contribution is 2.35. The summed E-state index contributed by atoms with van der Waals surface area (Å²) < 4.78 is 5.85. The summed E-state index contributed by atoms with van der Waals surface area (Å²) in [4.78, 5) is 15.5. The third-order valence-corrected chi connectivity index (χ3v) is 8.60. The summed E-state index contributed by atoms with van der Waals surface area (Å²) in [5, 5.41) is 17.5. The van der Waals surface area contributed by atoms with Gasteiger partial charge in [-0.3, -0.25) is 20.3 Å². The van der Waals surface area contributed by atoms with Gasteiger partial charge in [0, 0.05) is 31.8 Å². The van der Waals surface area contributed by atoms with Crippen molar-refractivity contribution in [2.75, 3.05) is 46.6 Å². The molecule has 1 saturated carbocycles. The average molecular weight is 465 g/mol. The Kier molecular flexibility index (Phi) is 8.14. The summed E-state index contributed by atoms with van der Waals surface area (Å²) in [5.74, 6) is 1.52. The smallest absolute Gasteiger partial charge is 0.223 e. The lowest BCUT2D eigenvalue weighted by atomic mass is 9.74. The largest absolute Gasteiger partial charge is 0.379 e. The van der Waals surface area contributed by atoms with E-state index in [9.17, 15) is 4.79 Å². The van der Waals surface area contributed by atoms with Crippen LogP contribution in [0.25, 0.3) is 0 Å². The Labute approximate surface area is 198 Å². The monoisotopic (exact) mass is 464 g/mol. The molecule has 188 valence electrons. The minimum atomic E-state index is 0.0618. The molecule has 10 heteroatoms. The molecule has 0 aromatic heterocycles. The maximum atomic E-state index is 13.2. The first-order valence-electron chi connectivity index (χ1n) is 13.2. The summed E-state index contributed by atoms with van der Waals surface area (Å²) in [6, 6.07) is 0.628. The molecule has 8 atom stereocenters. The third kappa shape index (κ3) is 5.70. The molecule has 4 heterocycles. The summed E-state index contributed by atoms with van der Waals surface area (Å²) in [6.45, 7) is 5.16. The number of nitrogens with zero attached hydrogens (tertiary/aromatic N) is 1. The molecule has 0 bridgehead atoms. The van der Waals surface area contributed by atoms with Crippen molar-refractivity contribution >= 4 is 5.91 Å². The number of ether oxygens (including phenoxy) is 1. The van der Waals surface area contributed by atoms with Crippen LogP contribution in [-0.2, 0) is 9.53 Å². The lowest BCUT2D eigenvalue weighted by Gasteiger charge is -2.42. The lowest BCUT2D eigenvalue weighted by Crippen LogP contribution is -2.58. The van der Waals surface area contributed by atoms with E-state index < -0.39 is 0 Å². The van der Waals surface area contributed by atoms with Gasteiger partial charge in [0.05, 0.1) is 31.1 Å². The maximum Gasteiger partial charge on any atom is 0.223 e. The van der Waals surface area contributed by atoms with Gasteiger partial charge in [-0.15, -0.1) is 0 Å². The van der Waals surface area contributed by atoms with Crippen molar-refractivity contribution in [2.24, 2.45) is 17.8 Å². The van der Waals surface area contributed by atoms with Crippen LogP contribution in [0.3, 0.4) is 0 Å². The number of piperidine rings is 1. The Morgan fingerprint density at radius 1 is 1.06 bits per heavy atom. The van der Waals surface area contributed by atoms with Crippen LogP contribution in [0.1, 0.15) is 44.9 Å². The standard InChI is InChI=1S/C23H44N8O2/c1-31-21(29-30-22(31)18-7-8-24-14-27-18)11-26-20-10-15(6-9-25-20)23(32)28-19-13-33-12-16-4-2-3-5-17(16)19/h15-22,24-27,29-30H,2-14H2,1H3,(H,28,32)/t15?,16?,17?,18?,19-,20?,21?,22?/m1/s1. The minimum Gasteiger partial charge on any atom is -0.379 e. The molecule has 0 spiro atoms. The number of amides is 1. The van der Waals surface area contributed by atoms with Crippen molar-refractivity contribution in [3.8, 4) is 0 Å². The van der Waals surface area contributed by atoms with E-state index in [0.717, 1.165) is 52.2 Å². The SMILES string of the molecule is CN1C(CNC2CC(C(=O)N[C@@H]3COCC4CCCCC43)CCN2)NNC1C1CCNCN1. The maximum absolute atomic E-state index is 13.2. The number of rotatable bonds is 6. The van der Waals surface area contributed by atoms with Crippen LogP contribution in [0.15, 0.2) is 0 Å². The van der Waals surface area contributed by atoms with Crippen molar-refractivity contribution in [1.29, 1.82) is 0 Å². The van der Waals surface area contributed by atoms with Gasteiger partial charge in [0.2, 0.25) is 5.91 Å². The Hall–Kier alpha value is -0.850. The van der Waals surface area contributed by atoms with Gasteiger partial charge in [-0.05, 0) is 64.1 Å². The Bertz CT molecular complexity index is 646. The molecule has 5 aliphatic rings. The number of likely N-dealkylation sites (N-methyl/N-ethyl adjacent to an activating group) is 1. The highest BCUT2D eigenvalue weighted by Gasteiger charge is 2.39. The second-order valence-corrected chi connectivity index (χ2v) is 10.7. The molecule has 1 amide bonds. The Morgan fingerprint density at radius 2 is 1.97 bits per heavy atom. The van der Waals surface area contributed by atoms with Crippen LogP contribution in [0.5, 0.6) is 0 Å². The number of carbonyl (C=O) groups is 1. The van der Waals surface area contributed by atoms with E-state index in [0.29, 0.717) is 24.5 Å². The van der Waals surface area contributed by atoms with Gasteiger partial charge in [0.25, 0.3) is 0 Å². The van der Waals surface area contributed by atoms with E-state index in [1.807, 2.05) is 0 Å². The topological polar surface area (TPSA) is 114 Å². The predicted octanol–water partition coefficient (Wildman–Crippen LogP) is -1.18. The summed E-state index contributed by atoms with van der Waals surface area (Å²) in [5.41, 5.74) is 6.90. The number of hydrazine groups is 1. The van der Waals surface area contributed by atoms with Crippen LogP contribution < -0.4 is 37.4 Å². The van der Waals surface area contributed by atoms with Gasteiger partial charge >= 0.3 is 0 Å². The number of carbonyl (C=O) groups excluding carboxylic acids is 1. The van der Waals surface area contributed by atoms with E-state index in [1.54, 1.807) is 0 Å². The summed E-state index contributed by atoms with van der Waals surface area (Å²) in [7, 11) is 2.17. The van der Waals surface area contributed by atoms with E-state index >= 15 is 0 Å².